The van der Waals surface area contributed by atoms with E-state index in [1.807, 2.05) is 23.9 Å². The van der Waals surface area contributed by atoms with Crippen LogP contribution in [0.3, 0.4) is 0 Å². The van der Waals surface area contributed by atoms with Crippen LogP contribution < -0.4 is 4.74 Å². The summed E-state index contributed by atoms with van der Waals surface area (Å²) in [7, 11) is 0. The van der Waals surface area contributed by atoms with Gasteiger partial charge in [0.15, 0.2) is 5.82 Å². The fourth-order valence-electron chi connectivity index (χ4n) is 2.80. The molecule has 0 bridgehead atoms. The predicted molar refractivity (Wildman–Crippen MR) is 85.1 cm³/mol. The van der Waals surface area contributed by atoms with Gasteiger partial charge in [-0.25, -0.2) is 14.6 Å². The maximum absolute atomic E-state index is 5.77. The van der Waals surface area contributed by atoms with Gasteiger partial charge in [-0.3, -0.25) is 4.98 Å². The summed E-state index contributed by atoms with van der Waals surface area (Å²) in [6.45, 7) is 7.43. The first-order chi connectivity index (χ1) is 11.1. The number of ether oxygens (including phenoxy) is 1. The zero-order valence-electron chi connectivity index (χ0n) is 13.4. The van der Waals surface area contributed by atoms with Crippen LogP contribution in [-0.2, 0) is 6.54 Å². The molecule has 3 aromatic heterocycles. The highest BCUT2D eigenvalue weighted by atomic mass is 16.5. The molecule has 0 spiro atoms. The van der Waals surface area contributed by atoms with Crippen molar-refractivity contribution in [3.8, 4) is 28.7 Å². The number of hydrogen-bond acceptors (Lipinski definition) is 5. The first-order valence-corrected chi connectivity index (χ1v) is 7.71. The standard InChI is InChI=1S/C16H18N6O/c1-10(2)22-16(18-11(3)20-22)13-9-21-6-7-23-14-4-5-17-8-12(14)15(21)19-13/h4-5,8-10H,6-7H2,1-3H3. The van der Waals surface area contributed by atoms with E-state index in [9.17, 15) is 0 Å². The van der Waals surface area contributed by atoms with Crippen molar-refractivity contribution in [2.45, 2.75) is 33.4 Å². The van der Waals surface area contributed by atoms with Crippen LogP contribution in [0.1, 0.15) is 25.7 Å². The third kappa shape index (κ3) is 2.28. The Labute approximate surface area is 134 Å². The molecule has 0 saturated carbocycles. The largest absolute Gasteiger partial charge is 0.491 e. The van der Waals surface area contributed by atoms with Gasteiger partial charge in [0.2, 0.25) is 0 Å². The first-order valence-electron chi connectivity index (χ1n) is 7.71. The van der Waals surface area contributed by atoms with Crippen molar-refractivity contribution in [3.05, 3.63) is 30.5 Å². The lowest BCUT2D eigenvalue weighted by atomic mass is 10.2. The molecule has 7 nitrogen and oxygen atoms in total. The van der Waals surface area contributed by atoms with E-state index in [0.29, 0.717) is 6.61 Å². The second-order valence-corrected chi connectivity index (χ2v) is 5.88. The smallest absolute Gasteiger partial charge is 0.178 e. The van der Waals surface area contributed by atoms with Crippen LogP contribution in [0.2, 0.25) is 0 Å². The minimum absolute atomic E-state index is 0.227. The number of aromatic nitrogens is 6. The van der Waals surface area contributed by atoms with E-state index >= 15 is 0 Å². The van der Waals surface area contributed by atoms with Crippen molar-refractivity contribution in [2.75, 3.05) is 6.61 Å². The van der Waals surface area contributed by atoms with E-state index in [0.717, 1.165) is 41.0 Å². The summed E-state index contributed by atoms with van der Waals surface area (Å²) in [6, 6.07) is 2.10. The lowest BCUT2D eigenvalue weighted by Crippen LogP contribution is -2.06. The highest BCUT2D eigenvalue weighted by molar-refractivity contribution is 5.67. The number of hydrogen-bond donors (Lipinski definition) is 0. The maximum Gasteiger partial charge on any atom is 0.178 e. The molecule has 7 heteroatoms. The molecule has 0 aliphatic carbocycles. The van der Waals surface area contributed by atoms with E-state index in [4.69, 9.17) is 9.72 Å². The lowest BCUT2D eigenvalue weighted by molar-refractivity contribution is 0.306. The Bertz CT molecular complexity index is 863. The number of nitrogens with zero attached hydrogens (tertiary/aromatic N) is 6. The molecule has 1 aliphatic heterocycles. The molecule has 0 amide bonds. The number of aryl methyl sites for hydroxylation is 1. The molecule has 0 saturated heterocycles. The van der Waals surface area contributed by atoms with E-state index in [2.05, 4.69) is 33.5 Å². The van der Waals surface area contributed by atoms with Gasteiger partial charge in [-0.2, -0.15) is 5.10 Å². The first kappa shape index (κ1) is 13.9. The van der Waals surface area contributed by atoms with Crippen molar-refractivity contribution in [3.63, 3.8) is 0 Å². The van der Waals surface area contributed by atoms with Crippen molar-refractivity contribution in [2.24, 2.45) is 0 Å². The van der Waals surface area contributed by atoms with Crippen molar-refractivity contribution < 1.29 is 4.74 Å². The summed E-state index contributed by atoms with van der Waals surface area (Å²) in [6.07, 6.45) is 5.54. The fraction of sp³-hybridized carbons (Fsp3) is 0.375. The predicted octanol–water partition coefficient (Wildman–Crippen LogP) is 2.49. The van der Waals surface area contributed by atoms with Gasteiger partial charge in [0.05, 0.1) is 12.1 Å². The van der Waals surface area contributed by atoms with Gasteiger partial charge in [0.1, 0.15) is 29.7 Å². The summed E-state index contributed by atoms with van der Waals surface area (Å²) >= 11 is 0. The molecule has 0 unspecified atom stereocenters. The fourth-order valence-corrected chi connectivity index (χ4v) is 2.80. The Morgan fingerprint density at radius 1 is 1.22 bits per heavy atom. The van der Waals surface area contributed by atoms with Gasteiger partial charge >= 0.3 is 0 Å². The quantitative estimate of drug-likeness (QED) is 0.727. The van der Waals surface area contributed by atoms with Crippen LogP contribution in [0.5, 0.6) is 5.75 Å². The third-order valence-corrected chi connectivity index (χ3v) is 3.84. The Hall–Kier alpha value is -2.70. The molecule has 0 atom stereocenters. The Kier molecular flexibility index (Phi) is 3.14. The molecular formula is C16H18N6O. The van der Waals surface area contributed by atoms with Crippen LogP contribution >= 0.6 is 0 Å². The lowest BCUT2D eigenvalue weighted by Gasteiger charge is -2.07. The zero-order chi connectivity index (χ0) is 16.0. The van der Waals surface area contributed by atoms with Gasteiger partial charge in [0.25, 0.3) is 0 Å². The van der Waals surface area contributed by atoms with Gasteiger partial charge < -0.3 is 9.30 Å². The maximum atomic E-state index is 5.77. The molecule has 0 aromatic carbocycles. The number of rotatable bonds is 2. The summed E-state index contributed by atoms with van der Waals surface area (Å²) in [4.78, 5) is 13.6. The summed E-state index contributed by atoms with van der Waals surface area (Å²) in [5.41, 5.74) is 1.73. The highest BCUT2D eigenvalue weighted by Gasteiger charge is 2.22. The molecule has 118 valence electrons. The summed E-state index contributed by atoms with van der Waals surface area (Å²) < 4.78 is 9.78. The van der Waals surface area contributed by atoms with Gasteiger partial charge in [-0.05, 0) is 26.8 Å². The molecule has 4 rings (SSSR count). The Balaban J connectivity index is 1.87. The second-order valence-electron chi connectivity index (χ2n) is 5.88. The van der Waals surface area contributed by atoms with Crippen molar-refractivity contribution >= 4 is 0 Å². The normalized spacial score (nSPS) is 13.4. The van der Waals surface area contributed by atoms with Crippen molar-refractivity contribution in [1.82, 2.24) is 29.3 Å². The van der Waals surface area contributed by atoms with Crippen LogP contribution in [0.25, 0.3) is 22.9 Å². The molecule has 1 aliphatic rings. The summed E-state index contributed by atoms with van der Waals surface area (Å²) in [5.74, 6) is 3.22. The molecule has 0 radical (unpaired) electrons. The average Bonchev–Trinajstić information content (AvgIpc) is 3.08. The number of pyridine rings is 1. The average molecular weight is 310 g/mol. The second kappa shape index (κ2) is 5.19. The topological polar surface area (TPSA) is 70.7 Å². The highest BCUT2D eigenvalue weighted by Crippen LogP contribution is 2.32. The third-order valence-electron chi connectivity index (χ3n) is 3.84. The van der Waals surface area contributed by atoms with E-state index in [-0.39, 0.29) is 6.04 Å². The minimum atomic E-state index is 0.227. The zero-order valence-corrected chi connectivity index (χ0v) is 13.4. The van der Waals surface area contributed by atoms with E-state index in [1.165, 1.54) is 0 Å². The molecule has 23 heavy (non-hydrogen) atoms. The Morgan fingerprint density at radius 3 is 2.91 bits per heavy atom. The van der Waals surface area contributed by atoms with E-state index in [1.54, 1.807) is 12.4 Å². The molecule has 3 aromatic rings. The van der Waals surface area contributed by atoms with Crippen LogP contribution in [-0.4, -0.2) is 35.9 Å². The van der Waals surface area contributed by atoms with Crippen LogP contribution in [0.4, 0.5) is 0 Å². The van der Waals surface area contributed by atoms with Crippen molar-refractivity contribution in [1.29, 1.82) is 0 Å². The molecule has 0 fully saturated rings. The monoisotopic (exact) mass is 310 g/mol. The van der Waals surface area contributed by atoms with E-state index < -0.39 is 0 Å². The van der Waals surface area contributed by atoms with Gasteiger partial charge in [-0.15, -0.1) is 0 Å². The van der Waals surface area contributed by atoms with Crippen LogP contribution in [0.15, 0.2) is 24.7 Å². The number of imidazole rings is 1. The van der Waals surface area contributed by atoms with Crippen LogP contribution in [0, 0.1) is 6.92 Å². The number of fused-ring (bicyclic) bond motifs is 3. The van der Waals surface area contributed by atoms with Gasteiger partial charge in [0, 0.05) is 24.6 Å². The summed E-state index contributed by atoms with van der Waals surface area (Å²) in [5, 5.41) is 4.47. The molecule has 4 heterocycles. The molecular weight excluding hydrogens is 292 g/mol. The SMILES string of the molecule is Cc1nc(-c2cn3c(n2)-c2cnccc2OCC3)n(C(C)C)n1. The van der Waals surface area contributed by atoms with Gasteiger partial charge in [-0.1, -0.05) is 0 Å². The molecule has 0 N–H and O–H groups in total. The minimum Gasteiger partial charge on any atom is -0.491 e. The Morgan fingerprint density at radius 2 is 2.09 bits per heavy atom.